The molecule has 0 unspecified atom stereocenters. The zero-order valence-electron chi connectivity index (χ0n) is 13.2. The Balaban J connectivity index is 1.91. The third-order valence-electron chi connectivity index (χ3n) is 3.58. The van der Waals surface area contributed by atoms with Crippen LogP contribution >= 0.6 is 0 Å². The van der Waals surface area contributed by atoms with Crippen molar-refractivity contribution in [1.29, 1.82) is 0 Å². The SMILES string of the molecule is Cc1cc(NC(=O)c2ccc(C)c(F)c2)n(-c2ccc(F)cc2)n1. The number of rotatable bonds is 3. The van der Waals surface area contributed by atoms with E-state index in [-0.39, 0.29) is 11.4 Å². The van der Waals surface area contributed by atoms with Gasteiger partial charge in [0.15, 0.2) is 0 Å². The molecule has 1 aromatic heterocycles. The number of aryl methyl sites for hydroxylation is 2. The van der Waals surface area contributed by atoms with Gasteiger partial charge in [-0.15, -0.1) is 0 Å². The van der Waals surface area contributed by atoms with Crippen molar-refractivity contribution < 1.29 is 13.6 Å². The first-order valence-electron chi connectivity index (χ1n) is 7.34. The molecule has 2 aromatic carbocycles. The fourth-order valence-corrected chi connectivity index (χ4v) is 2.29. The minimum Gasteiger partial charge on any atom is -0.306 e. The summed E-state index contributed by atoms with van der Waals surface area (Å²) in [5, 5.41) is 7.00. The van der Waals surface area contributed by atoms with E-state index in [2.05, 4.69) is 10.4 Å². The van der Waals surface area contributed by atoms with E-state index in [4.69, 9.17) is 0 Å². The molecule has 0 spiro atoms. The van der Waals surface area contributed by atoms with Crippen molar-refractivity contribution in [3.8, 4) is 5.69 Å². The highest BCUT2D eigenvalue weighted by Gasteiger charge is 2.13. The first-order valence-corrected chi connectivity index (χ1v) is 7.34. The van der Waals surface area contributed by atoms with Gasteiger partial charge in [-0.1, -0.05) is 6.07 Å². The first-order chi connectivity index (χ1) is 11.4. The van der Waals surface area contributed by atoms with Crippen LogP contribution in [-0.2, 0) is 0 Å². The zero-order chi connectivity index (χ0) is 17.3. The third kappa shape index (κ3) is 3.17. The monoisotopic (exact) mass is 327 g/mol. The largest absolute Gasteiger partial charge is 0.306 e. The van der Waals surface area contributed by atoms with Gasteiger partial charge in [-0.3, -0.25) is 4.79 Å². The van der Waals surface area contributed by atoms with E-state index >= 15 is 0 Å². The van der Waals surface area contributed by atoms with E-state index in [1.165, 1.54) is 22.9 Å². The Hall–Kier alpha value is -3.02. The van der Waals surface area contributed by atoms with Gasteiger partial charge < -0.3 is 5.32 Å². The van der Waals surface area contributed by atoms with Crippen LogP contribution in [0.1, 0.15) is 21.6 Å². The van der Waals surface area contributed by atoms with E-state index in [0.717, 1.165) is 0 Å². The molecule has 0 aliphatic rings. The van der Waals surface area contributed by atoms with Gasteiger partial charge in [-0.25, -0.2) is 13.5 Å². The Bertz CT molecular complexity index is 901. The Morgan fingerprint density at radius 2 is 1.75 bits per heavy atom. The molecule has 0 fully saturated rings. The summed E-state index contributed by atoms with van der Waals surface area (Å²) in [6, 6.07) is 11.7. The first kappa shape index (κ1) is 15.9. The number of hydrogen-bond donors (Lipinski definition) is 1. The average molecular weight is 327 g/mol. The Kier molecular flexibility index (Phi) is 4.12. The molecule has 0 bridgehead atoms. The molecule has 0 saturated carbocycles. The number of anilines is 1. The number of carbonyl (C=O) groups is 1. The molecule has 4 nitrogen and oxygen atoms in total. The van der Waals surface area contributed by atoms with E-state index < -0.39 is 11.7 Å². The summed E-state index contributed by atoms with van der Waals surface area (Å²) in [6.45, 7) is 3.41. The van der Waals surface area contributed by atoms with E-state index in [0.29, 0.717) is 22.8 Å². The fourth-order valence-electron chi connectivity index (χ4n) is 2.29. The molecule has 6 heteroatoms. The van der Waals surface area contributed by atoms with Crippen molar-refractivity contribution in [1.82, 2.24) is 9.78 Å². The predicted molar refractivity (Wildman–Crippen MR) is 87.3 cm³/mol. The topological polar surface area (TPSA) is 46.9 Å². The van der Waals surface area contributed by atoms with E-state index in [9.17, 15) is 13.6 Å². The van der Waals surface area contributed by atoms with Crippen LogP contribution < -0.4 is 5.32 Å². The number of halogens is 2. The molecule has 1 N–H and O–H groups in total. The standard InChI is InChI=1S/C18H15F2N3O/c1-11-3-4-13(10-16(11)20)18(24)21-17-9-12(2)22-23(17)15-7-5-14(19)6-8-15/h3-10H,1-2H3,(H,21,24). The lowest BCUT2D eigenvalue weighted by molar-refractivity contribution is 0.102. The second-order valence-electron chi connectivity index (χ2n) is 5.48. The molecule has 0 aliphatic heterocycles. The van der Waals surface area contributed by atoms with Gasteiger partial charge in [0.2, 0.25) is 0 Å². The van der Waals surface area contributed by atoms with Crippen LogP contribution in [0.3, 0.4) is 0 Å². The maximum Gasteiger partial charge on any atom is 0.256 e. The average Bonchev–Trinajstić information content (AvgIpc) is 2.91. The van der Waals surface area contributed by atoms with Crippen molar-refractivity contribution in [2.24, 2.45) is 0 Å². The number of carbonyl (C=O) groups excluding carboxylic acids is 1. The molecule has 1 amide bonds. The number of hydrogen-bond acceptors (Lipinski definition) is 2. The van der Waals surface area contributed by atoms with Gasteiger partial charge >= 0.3 is 0 Å². The van der Waals surface area contributed by atoms with Gasteiger partial charge in [0.25, 0.3) is 5.91 Å². The maximum absolute atomic E-state index is 13.6. The lowest BCUT2D eigenvalue weighted by Crippen LogP contribution is -2.15. The molecule has 0 atom stereocenters. The quantitative estimate of drug-likeness (QED) is 0.790. The summed E-state index contributed by atoms with van der Waals surface area (Å²) in [5.74, 6) is -0.823. The van der Waals surface area contributed by atoms with Gasteiger partial charge in [-0.05, 0) is 55.8 Å². The van der Waals surface area contributed by atoms with E-state index in [1.807, 2.05) is 0 Å². The maximum atomic E-state index is 13.6. The lowest BCUT2D eigenvalue weighted by Gasteiger charge is -2.09. The fraction of sp³-hybridized carbons (Fsp3) is 0.111. The van der Waals surface area contributed by atoms with E-state index in [1.54, 1.807) is 44.2 Å². The molecule has 0 saturated heterocycles. The van der Waals surface area contributed by atoms with Crippen LogP contribution in [0.25, 0.3) is 5.69 Å². The van der Waals surface area contributed by atoms with Gasteiger partial charge in [-0.2, -0.15) is 5.10 Å². The van der Waals surface area contributed by atoms with Crippen LogP contribution in [0.4, 0.5) is 14.6 Å². The number of amides is 1. The van der Waals surface area contributed by atoms with Crippen LogP contribution in [0.5, 0.6) is 0 Å². The number of nitrogens with zero attached hydrogens (tertiary/aromatic N) is 2. The minimum atomic E-state index is -0.447. The van der Waals surface area contributed by atoms with Crippen molar-refractivity contribution in [2.45, 2.75) is 13.8 Å². The number of aromatic nitrogens is 2. The van der Waals surface area contributed by atoms with Crippen molar-refractivity contribution >= 4 is 11.7 Å². The van der Waals surface area contributed by atoms with Gasteiger partial charge in [0.1, 0.15) is 17.5 Å². The number of nitrogens with one attached hydrogen (secondary N) is 1. The van der Waals surface area contributed by atoms with Crippen molar-refractivity contribution in [3.05, 3.63) is 77.0 Å². The van der Waals surface area contributed by atoms with Gasteiger partial charge in [0.05, 0.1) is 11.4 Å². The highest BCUT2D eigenvalue weighted by molar-refractivity contribution is 6.04. The molecule has 0 radical (unpaired) electrons. The second-order valence-corrected chi connectivity index (χ2v) is 5.48. The predicted octanol–water partition coefficient (Wildman–Crippen LogP) is 4.02. The van der Waals surface area contributed by atoms with Crippen LogP contribution in [0, 0.1) is 25.5 Å². The molecular weight excluding hydrogens is 312 g/mol. The van der Waals surface area contributed by atoms with Crippen molar-refractivity contribution in [3.63, 3.8) is 0 Å². The number of benzene rings is 2. The molecule has 3 rings (SSSR count). The highest BCUT2D eigenvalue weighted by atomic mass is 19.1. The third-order valence-corrected chi connectivity index (χ3v) is 3.58. The molecule has 3 aromatic rings. The highest BCUT2D eigenvalue weighted by Crippen LogP contribution is 2.19. The summed E-state index contributed by atoms with van der Waals surface area (Å²) in [7, 11) is 0. The Morgan fingerprint density at radius 1 is 1.04 bits per heavy atom. The summed E-state index contributed by atoms with van der Waals surface area (Å²) in [6.07, 6.45) is 0. The molecule has 122 valence electrons. The van der Waals surface area contributed by atoms with Crippen LogP contribution in [0.15, 0.2) is 48.5 Å². The summed E-state index contributed by atoms with van der Waals surface area (Å²) in [5.41, 5.74) is 1.97. The molecule has 1 heterocycles. The van der Waals surface area contributed by atoms with Crippen molar-refractivity contribution in [2.75, 3.05) is 5.32 Å². The summed E-state index contributed by atoms with van der Waals surface area (Å²) >= 11 is 0. The second kappa shape index (κ2) is 6.23. The molecule has 24 heavy (non-hydrogen) atoms. The summed E-state index contributed by atoms with van der Waals surface area (Å²) < 4.78 is 28.2. The normalized spacial score (nSPS) is 10.7. The summed E-state index contributed by atoms with van der Waals surface area (Å²) in [4.78, 5) is 12.3. The Labute approximate surface area is 137 Å². The zero-order valence-corrected chi connectivity index (χ0v) is 13.2. The lowest BCUT2D eigenvalue weighted by atomic mass is 10.1. The van der Waals surface area contributed by atoms with Crippen LogP contribution in [0.2, 0.25) is 0 Å². The minimum absolute atomic E-state index is 0.211. The Morgan fingerprint density at radius 3 is 2.42 bits per heavy atom. The molecular formula is C18H15F2N3O. The van der Waals surface area contributed by atoms with Gasteiger partial charge in [0, 0.05) is 11.6 Å². The smallest absolute Gasteiger partial charge is 0.256 e. The molecule has 0 aliphatic carbocycles. The van der Waals surface area contributed by atoms with Crippen LogP contribution in [-0.4, -0.2) is 15.7 Å².